The number of ether oxygens (including phenoxy) is 1. The van der Waals surface area contributed by atoms with E-state index in [9.17, 15) is 55.0 Å². The molecule has 5 aliphatic rings. The first kappa shape index (κ1) is 36.1. The highest BCUT2D eigenvalue weighted by molar-refractivity contribution is 6.58. The summed E-state index contributed by atoms with van der Waals surface area (Å²) in [4.78, 5) is 53.5. The van der Waals surface area contributed by atoms with E-state index in [1.807, 2.05) is 0 Å². The van der Waals surface area contributed by atoms with Gasteiger partial charge in [0.15, 0.2) is 9.75 Å². The van der Waals surface area contributed by atoms with Crippen molar-refractivity contribution in [2.24, 2.45) is 23.7 Å². The molecule has 0 spiro atoms. The maximum atomic E-state index is 14.5. The van der Waals surface area contributed by atoms with Crippen LogP contribution in [0, 0.1) is 29.5 Å². The Balaban J connectivity index is 1.27. The van der Waals surface area contributed by atoms with E-state index < -0.39 is 98.5 Å². The summed E-state index contributed by atoms with van der Waals surface area (Å²) in [6.45, 7) is 0. The van der Waals surface area contributed by atoms with Crippen molar-refractivity contribution in [1.82, 2.24) is 0 Å². The van der Waals surface area contributed by atoms with Crippen molar-refractivity contribution in [3.63, 3.8) is 0 Å². The fourth-order valence-electron chi connectivity index (χ4n) is 8.53. The largest absolute Gasteiger partial charge is 0.508 e. The molecular formula is C37H23Cl2F7N2O6. The van der Waals surface area contributed by atoms with Crippen LogP contribution < -0.4 is 14.5 Å². The topological polar surface area (TPSA) is 104 Å². The van der Waals surface area contributed by atoms with Gasteiger partial charge in [-0.3, -0.25) is 19.2 Å². The predicted octanol–water partition coefficient (Wildman–Crippen LogP) is 7.69. The highest BCUT2D eigenvalue weighted by atomic mass is 35.5. The van der Waals surface area contributed by atoms with Crippen LogP contribution in [-0.4, -0.2) is 38.5 Å². The molecule has 2 saturated heterocycles. The number of phenolic OH excluding ortho intramolecular Hbond substituents is 1. The molecule has 3 aliphatic heterocycles. The lowest BCUT2D eigenvalue weighted by molar-refractivity contribution is -0.143. The van der Waals surface area contributed by atoms with Gasteiger partial charge in [-0.1, -0.05) is 11.6 Å². The van der Waals surface area contributed by atoms with Crippen LogP contribution in [0.3, 0.4) is 0 Å². The van der Waals surface area contributed by atoms with Crippen LogP contribution in [0.1, 0.15) is 29.5 Å². The molecule has 0 unspecified atom stereocenters. The molecular weight excluding hydrogens is 772 g/mol. The number of hydrogen-bond acceptors (Lipinski definition) is 6. The van der Waals surface area contributed by atoms with Gasteiger partial charge in [-0.05, 0) is 85.0 Å². The Morgan fingerprint density at radius 3 is 2.06 bits per heavy atom. The number of anilines is 2. The first-order chi connectivity index (χ1) is 25.3. The van der Waals surface area contributed by atoms with Gasteiger partial charge in [-0.2, -0.15) is 26.3 Å². The highest BCUT2D eigenvalue weighted by Crippen LogP contribution is 2.65. The molecule has 8 nitrogen and oxygen atoms in total. The zero-order valence-electron chi connectivity index (χ0n) is 27.1. The van der Waals surface area contributed by atoms with Crippen molar-refractivity contribution < 1.29 is 59.8 Å². The summed E-state index contributed by atoms with van der Waals surface area (Å²) < 4.78 is 103. The van der Waals surface area contributed by atoms with Crippen LogP contribution in [-0.2, 0) is 38.0 Å². The molecule has 8 rings (SSSR count). The Morgan fingerprint density at radius 2 is 1.43 bits per heavy atom. The van der Waals surface area contributed by atoms with Gasteiger partial charge in [0.25, 0.3) is 11.8 Å². The quantitative estimate of drug-likeness (QED) is 0.126. The number of fused-ring (bicyclic) bond motifs is 5. The number of allylic oxidation sites excluding steroid dienone is 3. The number of nitrogens with zero attached hydrogens (tertiary/aromatic N) is 2. The van der Waals surface area contributed by atoms with Gasteiger partial charge >= 0.3 is 12.4 Å². The van der Waals surface area contributed by atoms with Crippen LogP contribution in [0.25, 0.3) is 0 Å². The second-order valence-electron chi connectivity index (χ2n) is 13.8. The number of amides is 4. The summed E-state index contributed by atoms with van der Waals surface area (Å²) in [5.74, 6) is -9.98. The van der Waals surface area contributed by atoms with Gasteiger partial charge in [0.2, 0.25) is 11.8 Å². The number of carbonyl (C=O) groups excluding carboxylic acids is 4. The van der Waals surface area contributed by atoms with Gasteiger partial charge in [-0.25, -0.2) is 14.2 Å². The number of phenols is 1. The SMILES string of the molecule is O=C1[C@H]2[C@H](CC=C3[C@H](C4=COc5ccc(O)cc5C4)[C@]4(Cl)C(=O)N(c5ccc(F)cc5)C(=O)[C@]4(Cl)C[C@H]32)C(=O)N1c1cc(C(F)(F)F)cc(C(F)(F)F)c1. The number of benzene rings is 3. The summed E-state index contributed by atoms with van der Waals surface area (Å²) in [6, 6.07) is 9.02. The number of rotatable bonds is 3. The van der Waals surface area contributed by atoms with Gasteiger partial charge in [0, 0.05) is 17.9 Å². The average Bonchev–Trinajstić information content (AvgIpc) is 3.45. The van der Waals surface area contributed by atoms with Gasteiger partial charge in [0.1, 0.15) is 17.3 Å². The number of halogens is 9. The van der Waals surface area contributed by atoms with E-state index in [1.165, 1.54) is 30.5 Å². The van der Waals surface area contributed by atoms with E-state index in [2.05, 4.69) is 0 Å². The Hall–Kier alpha value is -4.89. The van der Waals surface area contributed by atoms with Crippen molar-refractivity contribution in [3.05, 3.63) is 107 Å². The highest BCUT2D eigenvalue weighted by Gasteiger charge is 2.77. The third-order valence-corrected chi connectivity index (χ3v) is 12.3. The van der Waals surface area contributed by atoms with E-state index in [0.717, 1.165) is 24.3 Å². The molecule has 0 bridgehead atoms. The molecule has 1 saturated carbocycles. The Morgan fingerprint density at radius 1 is 0.778 bits per heavy atom. The van der Waals surface area contributed by atoms with E-state index in [4.69, 9.17) is 27.9 Å². The number of carbonyl (C=O) groups is 4. The molecule has 54 heavy (non-hydrogen) atoms. The van der Waals surface area contributed by atoms with Crippen molar-refractivity contribution >= 4 is 58.2 Å². The smallest absolute Gasteiger partial charge is 0.416 e. The average molecular weight is 795 g/mol. The molecule has 0 radical (unpaired) electrons. The first-order valence-electron chi connectivity index (χ1n) is 16.3. The first-order valence-corrected chi connectivity index (χ1v) is 17.1. The summed E-state index contributed by atoms with van der Waals surface area (Å²) in [5, 5.41) is 10.2. The molecule has 2 aliphatic carbocycles. The third-order valence-electron chi connectivity index (χ3n) is 10.9. The summed E-state index contributed by atoms with van der Waals surface area (Å²) in [5.41, 5.74) is -3.52. The fraction of sp³-hybridized carbons (Fsp3) is 0.297. The molecule has 1 N–H and O–H groups in total. The third kappa shape index (κ3) is 5.10. The lowest BCUT2D eigenvalue weighted by Crippen LogP contribution is -2.61. The zero-order chi connectivity index (χ0) is 38.9. The summed E-state index contributed by atoms with van der Waals surface area (Å²) in [7, 11) is 0. The molecule has 17 heteroatoms. The van der Waals surface area contributed by atoms with Crippen LogP contribution >= 0.6 is 23.2 Å². The van der Waals surface area contributed by atoms with Crippen LogP contribution in [0.5, 0.6) is 11.5 Å². The van der Waals surface area contributed by atoms with Crippen LogP contribution in [0.4, 0.5) is 42.1 Å². The Labute approximate surface area is 310 Å². The molecule has 280 valence electrons. The monoisotopic (exact) mass is 794 g/mol. The van der Waals surface area contributed by atoms with E-state index in [-0.39, 0.29) is 53.6 Å². The second-order valence-corrected chi connectivity index (χ2v) is 15.0. The van der Waals surface area contributed by atoms with E-state index in [0.29, 0.717) is 21.1 Å². The molecule has 3 fully saturated rings. The molecule has 3 aromatic rings. The van der Waals surface area contributed by atoms with Gasteiger partial charge < -0.3 is 9.84 Å². The Bertz CT molecular complexity index is 2230. The maximum absolute atomic E-state index is 14.5. The van der Waals surface area contributed by atoms with Gasteiger partial charge in [-0.15, -0.1) is 23.2 Å². The van der Waals surface area contributed by atoms with Crippen molar-refractivity contribution in [3.8, 4) is 11.5 Å². The lowest BCUT2D eigenvalue weighted by Gasteiger charge is -2.51. The molecule has 4 amide bonds. The van der Waals surface area contributed by atoms with Gasteiger partial charge in [0.05, 0.1) is 40.6 Å². The van der Waals surface area contributed by atoms with E-state index in [1.54, 1.807) is 0 Å². The minimum atomic E-state index is -5.27. The molecule has 6 atom stereocenters. The lowest BCUT2D eigenvalue weighted by atomic mass is 9.56. The second kappa shape index (κ2) is 11.8. The molecule has 3 heterocycles. The van der Waals surface area contributed by atoms with Crippen molar-refractivity contribution in [1.29, 1.82) is 0 Å². The number of aromatic hydroxyl groups is 1. The van der Waals surface area contributed by atoms with Crippen molar-refractivity contribution in [2.45, 2.75) is 41.4 Å². The van der Waals surface area contributed by atoms with Crippen molar-refractivity contribution in [2.75, 3.05) is 9.80 Å². The summed E-state index contributed by atoms with van der Waals surface area (Å²) >= 11 is 14.6. The fourth-order valence-corrected chi connectivity index (χ4v) is 9.48. The standard InChI is InChI=1S/C37H23Cl2F7N2O6/c38-34-14-26-24(6-7-25-28(26)31(51)47(30(25)50)22-12-18(36(41,42)43)11-19(13-22)37(44,45)46)29(17-9-16-10-23(49)5-8-27(16)54-15-17)35(34,39)33(53)48(32(34)52)21-3-1-20(40)2-4-21/h1-6,8,10-13,15,25-26,28-29,49H,7,9,14H2/t25-,26+,28-,29-,34+,35-/m0/s1. The Kier molecular flexibility index (Phi) is 7.89. The van der Waals surface area contributed by atoms with Crippen LogP contribution in [0.2, 0.25) is 0 Å². The number of imide groups is 2. The minimum absolute atomic E-state index is 0.0184. The zero-order valence-corrected chi connectivity index (χ0v) is 28.7. The van der Waals surface area contributed by atoms with E-state index >= 15 is 0 Å². The minimum Gasteiger partial charge on any atom is -0.508 e. The molecule has 0 aromatic heterocycles. The molecule has 3 aromatic carbocycles. The summed E-state index contributed by atoms with van der Waals surface area (Å²) in [6.07, 6.45) is -8.55. The predicted molar refractivity (Wildman–Crippen MR) is 177 cm³/mol. The number of hydrogen-bond donors (Lipinski definition) is 1. The van der Waals surface area contributed by atoms with Crippen LogP contribution in [0.15, 0.2) is 84.1 Å². The normalized spacial score (nSPS) is 29.3. The number of alkyl halides is 8. The maximum Gasteiger partial charge on any atom is 0.416 e.